The van der Waals surface area contributed by atoms with E-state index in [1.54, 1.807) is 7.11 Å². The van der Waals surface area contributed by atoms with Crippen molar-refractivity contribution in [3.8, 4) is 0 Å². The zero-order chi connectivity index (χ0) is 10.3. The number of nitrogens with two attached hydrogens (primary N) is 1. The molecule has 0 aromatic heterocycles. The number of nitrogens with zero attached hydrogens (tertiary/aromatic N) is 2. The summed E-state index contributed by atoms with van der Waals surface area (Å²) in [5, 5.41) is 0. The van der Waals surface area contributed by atoms with Crippen molar-refractivity contribution in [3.63, 3.8) is 0 Å². The van der Waals surface area contributed by atoms with Crippen LogP contribution in [-0.2, 0) is 4.74 Å². The van der Waals surface area contributed by atoms with Gasteiger partial charge in [-0.25, -0.2) is 0 Å². The molecule has 0 aliphatic rings. The molecule has 0 radical (unpaired) electrons. The lowest BCUT2D eigenvalue weighted by molar-refractivity contribution is 0.145. The third kappa shape index (κ3) is 4.72. The van der Waals surface area contributed by atoms with Gasteiger partial charge >= 0.3 is 0 Å². The summed E-state index contributed by atoms with van der Waals surface area (Å²) in [6, 6.07) is 0.269. The maximum absolute atomic E-state index is 5.75. The van der Waals surface area contributed by atoms with Crippen molar-refractivity contribution in [1.82, 2.24) is 4.90 Å². The Labute approximate surface area is 80.8 Å². The number of likely N-dealkylation sites (N-methyl/N-ethyl adjacent to an activating group) is 1. The second kappa shape index (κ2) is 6.71. The molecule has 0 amide bonds. The minimum absolute atomic E-state index is 0.269. The first-order valence-electron chi connectivity index (χ1n) is 4.65. The summed E-state index contributed by atoms with van der Waals surface area (Å²) >= 11 is 0. The van der Waals surface area contributed by atoms with E-state index in [-0.39, 0.29) is 6.04 Å². The van der Waals surface area contributed by atoms with Gasteiger partial charge in [0.05, 0.1) is 12.6 Å². The normalized spacial score (nSPS) is 14.3. The fourth-order valence-electron chi connectivity index (χ4n) is 0.917. The Bertz CT molecular complexity index is 159. The molecule has 0 spiro atoms. The molecule has 1 atom stereocenters. The van der Waals surface area contributed by atoms with Crippen LogP contribution >= 0.6 is 0 Å². The Kier molecular flexibility index (Phi) is 6.32. The van der Waals surface area contributed by atoms with Gasteiger partial charge < -0.3 is 15.4 Å². The molecule has 0 aromatic carbocycles. The second-order valence-electron chi connectivity index (χ2n) is 3.16. The van der Waals surface area contributed by atoms with Crippen LogP contribution in [0.3, 0.4) is 0 Å². The van der Waals surface area contributed by atoms with Crippen molar-refractivity contribution in [2.45, 2.75) is 26.3 Å². The van der Waals surface area contributed by atoms with Gasteiger partial charge in [-0.15, -0.1) is 0 Å². The first-order chi connectivity index (χ1) is 6.13. The summed E-state index contributed by atoms with van der Waals surface area (Å²) in [6.45, 7) is 5.59. The van der Waals surface area contributed by atoms with E-state index >= 15 is 0 Å². The molecule has 0 rings (SSSR count). The van der Waals surface area contributed by atoms with E-state index in [0.717, 1.165) is 13.0 Å². The minimum Gasteiger partial charge on any atom is -0.383 e. The van der Waals surface area contributed by atoms with Crippen LogP contribution in [0.15, 0.2) is 4.99 Å². The lowest BCUT2D eigenvalue weighted by Crippen LogP contribution is -2.42. The number of rotatable bonds is 5. The van der Waals surface area contributed by atoms with Gasteiger partial charge in [0.2, 0.25) is 0 Å². The second-order valence-corrected chi connectivity index (χ2v) is 3.16. The van der Waals surface area contributed by atoms with Crippen molar-refractivity contribution in [2.75, 3.05) is 27.3 Å². The van der Waals surface area contributed by atoms with Crippen LogP contribution in [0, 0.1) is 0 Å². The van der Waals surface area contributed by atoms with Gasteiger partial charge in [-0.2, -0.15) is 0 Å². The van der Waals surface area contributed by atoms with E-state index in [1.165, 1.54) is 0 Å². The molecule has 1 unspecified atom stereocenters. The number of methoxy groups -OCH3 is 1. The summed E-state index contributed by atoms with van der Waals surface area (Å²) in [5.74, 6) is 0.589. The maximum atomic E-state index is 5.75. The summed E-state index contributed by atoms with van der Waals surface area (Å²) in [4.78, 5) is 6.14. The van der Waals surface area contributed by atoms with E-state index < -0.39 is 0 Å². The zero-order valence-corrected chi connectivity index (χ0v) is 9.08. The molecule has 0 fully saturated rings. The molecule has 2 N–H and O–H groups in total. The van der Waals surface area contributed by atoms with Crippen LogP contribution in [0.4, 0.5) is 0 Å². The molecule has 0 heterocycles. The highest BCUT2D eigenvalue weighted by Gasteiger charge is 2.09. The van der Waals surface area contributed by atoms with E-state index in [9.17, 15) is 0 Å². The van der Waals surface area contributed by atoms with Gasteiger partial charge in [-0.1, -0.05) is 6.92 Å². The molecular weight excluding hydrogens is 166 g/mol. The quantitative estimate of drug-likeness (QED) is 0.508. The molecule has 78 valence electrons. The summed E-state index contributed by atoms with van der Waals surface area (Å²) in [5.41, 5.74) is 5.75. The predicted octanol–water partition coefficient (Wildman–Crippen LogP) is 0.678. The molecular formula is C9H21N3O. The van der Waals surface area contributed by atoms with Gasteiger partial charge in [-0.3, -0.25) is 4.99 Å². The monoisotopic (exact) mass is 187 g/mol. The van der Waals surface area contributed by atoms with Crippen LogP contribution < -0.4 is 5.73 Å². The summed E-state index contributed by atoms with van der Waals surface area (Å²) in [6.07, 6.45) is 1.02. The lowest BCUT2D eigenvalue weighted by Gasteiger charge is -2.25. The zero-order valence-electron chi connectivity index (χ0n) is 9.08. The molecule has 0 saturated carbocycles. The predicted molar refractivity (Wildman–Crippen MR) is 55.9 cm³/mol. The molecule has 0 bridgehead atoms. The molecule has 0 saturated heterocycles. The van der Waals surface area contributed by atoms with E-state index in [2.05, 4.69) is 18.8 Å². The highest BCUT2D eigenvalue weighted by Crippen LogP contribution is 1.95. The highest BCUT2D eigenvalue weighted by molar-refractivity contribution is 5.78. The van der Waals surface area contributed by atoms with Crippen LogP contribution in [0.25, 0.3) is 0 Å². The molecule has 0 aliphatic carbocycles. The highest BCUT2D eigenvalue weighted by atomic mass is 16.5. The van der Waals surface area contributed by atoms with Gasteiger partial charge in [0, 0.05) is 20.7 Å². The van der Waals surface area contributed by atoms with E-state index in [1.807, 2.05) is 11.9 Å². The number of ether oxygens (including phenoxy) is 1. The Morgan fingerprint density at radius 2 is 2.23 bits per heavy atom. The van der Waals surface area contributed by atoms with Crippen molar-refractivity contribution in [2.24, 2.45) is 10.7 Å². The lowest BCUT2D eigenvalue weighted by atomic mass is 10.3. The topological polar surface area (TPSA) is 50.8 Å². The molecule has 0 aliphatic heterocycles. The fraction of sp³-hybridized carbons (Fsp3) is 0.889. The average molecular weight is 187 g/mol. The van der Waals surface area contributed by atoms with Crippen LogP contribution in [-0.4, -0.2) is 44.2 Å². The summed E-state index contributed by atoms with van der Waals surface area (Å²) in [7, 11) is 3.61. The third-order valence-electron chi connectivity index (χ3n) is 1.93. The first-order valence-corrected chi connectivity index (χ1v) is 4.65. The molecule has 4 nitrogen and oxygen atoms in total. The van der Waals surface area contributed by atoms with Crippen LogP contribution in [0.2, 0.25) is 0 Å². The van der Waals surface area contributed by atoms with E-state index in [4.69, 9.17) is 10.5 Å². The Morgan fingerprint density at radius 3 is 2.69 bits per heavy atom. The molecule has 0 aromatic rings. The van der Waals surface area contributed by atoms with Gasteiger partial charge in [0.15, 0.2) is 5.96 Å². The van der Waals surface area contributed by atoms with Gasteiger partial charge in [0.1, 0.15) is 0 Å². The van der Waals surface area contributed by atoms with Crippen molar-refractivity contribution in [3.05, 3.63) is 0 Å². The summed E-state index contributed by atoms with van der Waals surface area (Å²) < 4.78 is 5.03. The van der Waals surface area contributed by atoms with Gasteiger partial charge in [-0.05, 0) is 13.3 Å². The minimum atomic E-state index is 0.269. The Balaban J connectivity index is 3.99. The first kappa shape index (κ1) is 12.2. The largest absolute Gasteiger partial charge is 0.383 e. The average Bonchev–Trinajstić information content (AvgIpc) is 2.13. The van der Waals surface area contributed by atoms with Crippen molar-refractivity contribution >= 4 is 5.96 Å². The Morgan fingerprint density at radius 1 is 1.62 bits per heavy atom. The van der Waals surface area contributed by atoms with Crippen LogP contribution in [0.5, 0.6) is 0 Å². The van der Waals surface area contributed by atoms with E-state index in [0.29, 0.717) is 12.6 Å². The maximum Gasteiger partial charge on any atom is 0.191 e. The number of aliphatic imine (C=N–C) groups is 1. The standard InChI is InChI=1S/C9H21N3O/c1-5-6-11-9(10)12(3)8(2)7-13-4/h8H,5-7H2,1-4H3,(H2,10,11). The molecule has 4 heteroatoms. The third-order valence-corrected chi connectivity index (χ3v) is 1.93. The van der Waals surface area contributed by atoms with Crippen molar-refractivity contribution in [1.29, 1.82) is 0 Å². The fourth-order valence-corrected chi connectivity index (χ4v) is 0.917. The van der Waals surface area contributed by atoms with Crippen LogP contribution in [0.1, 0.15) is 20.3 Å². The van der Waals surface area contributed by atoms with Gasteiger partial charge in [0.25, 0.3) is 0 Å². The molecule has 13 heavy (non-hydrogen) atoms. The number of guanidine groups is 1. The number of hydrogen-bond donors (Lipinski definition) is 1. The number of hydrogen-bond acceptors (Lipinski definition) is 2. The Hall–Kier alpha value is -0.770. The van der Waals surface area contributed by atoms with Crippen molar-refractivity contribution < 1.29 is 4.74 Å². The smallest absolute Gasteiger partial charge is 0.191 e. The SMILES string of the molecule is CCCN=C(N)N(C)C(C)COC.